The first-order chi connectivity index (χ1) is 8.71. The van der Waals surface area contributed by atoms with Crippen LogP contribution in [0.3, 0.4) is 0 Å². The van der Waals surface area contributed by atoms with Crippen molar-refractivity contribution in [2.24, 2.45) is 5.73 Å². The fraction of sp³-hybridized carbons (Fsp3) is 0.571. The zero-order valence-corrected chi connectivity index (χ0v) is 12.6. The molecule has 1 fully saturated rings. The van der Waals surface area contributed by atoms with Crippen LogP contribution in [0.1, 0.15) is 37.7 Å². The SMILES string of the molecule is Cl.NC1(C(=O)CSCc2cccnc2)CCCCC1. The fourth-order valence-electron chi connectivity index (χ4n) is 2.35. The Kier molecular flexibility index (Phi) is 6.83. The predicted octanol–water partition coefficient (Wildman–Crippen LogP) is 2.97. The molecule has 0 unspecified atom stereocenters. The minimum absolute atomic E-state index is 0. The fourth-order valence-corrected chi connectivity index (χ4v) is 3.33. The molecule has 0 atom stereocenters. The maximum Gasteiger partial charge on any atom is 0.162 e. The molecule has 0 spiro atoms. The molecule has 1 heterocycles. The molecule has 0 aromatic carbocycles. The summed E-state index contributed by atoms with van der Waals surface area (Å²) >= 11 is 1.64. The van der Waals surface area contributed by atoms with Gasteiger partial charge in [-0.3, -0.25) is 9.78 Å². The van der Waals surface area contributed by atoms with E-state index < -0.39 is 5.54 Å². The van der Waals surface area contributed by atoms with Crippen molar-refractivity contribution in [3.8, 4) is 0 Å². The third-order valence-corrected chi connectivity index (χ3v) is 4.53. The minimum atomic E-state index is -0.541. The van der Waals surface area contributed by atoms with Gasteiger partial charge in [0.2, 0.25) is 0 Å². The maximum atomic E-state index is 12.1. The van der Waals surface area contributed by atoms with E-state index in [9.17, 15) is 4.79 Å². The molecule has 0 saturated heterocycles. The third-order valence-electron chi connectivity index (χ3n) is 3.53. The molecule has 0 radical (unpaired) electrons. The summed E-state index contributed by atoms with van der Waals surface area (Å²) in [6.07, 6.45) is 8.73. The number of halogens is 1. The number of thioether (sulfide) groups is 1. The summed E-state index contributed by atoms with van der Waals surface area (Å²) in [5, 5.41) is 0. The predicted molar refractivity (Wildman–Crippen MR) is 82.7 cm³/mol. The average Bonchev–Trinajstić information content (AvgIpc) is 2.41. The van der Waals surface area contributed by atoms with Crippen LogP contribution in [-0.2, 0) is 10.5 Å². The molecule has 2 rings (SSSR count). The van der Waals surface area contributed by atoms with E-state index in [1.165, 1.54) is 6.42 Å². The summed E-state index contributed by atoms with van der Waals surface area (Å²) < 4.78 is 0. The van der Waals surface area contributed by atoms with Crippen LogP contribution in [0.25, 0.3) is 0 Å². The number of nitrogens with two attached hydrogens (primary N) is 1. The van der Waals surface area contributed by atoms with Gasteiger partial charge in [0.05, 0.1) is 11.3 Å². The number of carbonyl (C=O) groups is 1. The molecule has 0 amide bonds. The van der Waals surface area contributed by atoms with Gasteiger partial charge in [0.1, 0.15) is 0 Å². The lowest BCUT2D eigenvalue weighted by Crippen LogP contribution is -2.50. The molecular formula is C14H21ClN2OS. The topological polar surface area (TPSA) is 56.0 Å². The van der Waals surface area contributed by atoms with Crippen molar-refractivity contribution in [1.82, 2.24) is 4.98 Å². The number of nitrogens with zero attached hydrogens (tertiary/aromatic N) is 1. The van der Waals surface area contributed by atoms with E-state index in [4.69, 9.17) is 5.73 Å². The highest BCUT2D eigenvalue weighted by molar-refractivity contribution is 7.99. The normalized spacial score (nSPS) is 17.5. The van der Waals surface area contributed by atoms with E-state index in [1.807, 2.05) is 18.3 Å². The molecule has 1 aromatic heterocycles. The van der Waals surface area contributed by atoms with Crippen LogP contribution in [0.2, 0.25) is 0 Å². The average molecular weight is 301 g/mol. The number of pyridine rings is 1. The first-order valence-electron chi connectivity index (χ1n) is 6.49. The Hall–Kier alpha value is -0.580. The molecule has 5 heteroatoms. The first kappa shape index (κ1) is 16.5. The number of Topliss-reactive ketones (excluding diaryl/α,β-unsaturated/α-hetero) is 1. The smallest absolute Gasteiger partial charge is 0.162 e. The van der Waals surface area contributed by atoms with Crippen LogP contribution in [0, 0.1) is 0 Å². The van der Waals surface area contributed by atoms with Crippen molar-refractivity contribution in [1.29, 1.82) is 0 Å². The summed E-state index contributed by atoms with van der Waals surface area (Å²) in [6.45, 7) is 0. The van der Waals surface area contributed by atoms with Crippen LogP contribution in [0.5, 0.6) is 0 Å². The quantitative estimate of drug-likeness (QED) is 0.908. The Labute approximate surface area is 125 Å². The summed E-state index contributed by atoms with van der Waals surface area (Å²) in [7, 11) is 0. The molecular weight excluding hydrogens is 280 g/mol. The van der Waals surface area contributed by atoms with E-state index in [0.29, 0.717) is 5.75 Å². The largest absolute Gasteiger partial charge is 0.319 e. The number of hydrogen-bond acceptors (Lipinski definition) is 4. The van der Waals surface area contributed by atoms with Gasteiger partial charge in [-0.25, -0.2) is 0 Å². The number of carbonyl (C=O) groups excluding carboxylic acids is 1. The van der Waals surface area contributed by atoms with Gasteiger partial charge in [0.25, 0.3) is 0 Å². The molecule has 19 heavy (non-hydrogen) atoms. The van der Waals surface area contributed by atoms with E-state index in [-0.39, 0.29) is 18.2 Å². The van der Waals surface area contributed by atoms with Gasteiger partial charge >= 0.3 is 0 Å². The van der Waals surface area contributed by atoms with Crippen molar-refractivity contribution in [2.45, 2.75) is 43.4 Å². The van der Waals surface area contributed by atoms with Crippen LogP contribution in [0.15, 0.2) is 24.5 Å². The van der Waals surface area contributed by atoms with Crippen molar-refractivity contribution in [2.75, 3.05) is 5.75 Å². The number of aromatic nitrogens is 1. The van der Waals surface area contributed by atoms with Crippen LogP contribution in [0.4, 0.5) is 0 Å². The van der Waals surface area contributed by atoms with E-state index >= 15 is 0 Å². The molecule has 2 N–H and O–H groups in total. The van der Waals surface area contributed by atoms with Gasteiger partial charge < -0.3 is 5.73 Å². The molecule has 1 aromatic rings. The van der Waals surface area contributed by atoms with E-state index in [2.05, 4.69) is 4.98 Å². The molecule has 0 bridgehead atoms. The van der Waals surface area contributed by atoms with E-state index in [0.717, 1.165) is 37.0 Å². The lowest BCUT2D eigenvalue weighted by Gasteiger charge is -2.31. The lowest BCUT2D eigenvalue weighted by atomic mass is 9.80. The zero-order chi connectivity index (χ0) is 12.8. The summed E-state index contributed by atoms with van der Waals surface area (Å²) in [6, 6.07) is 3.95. The summed E-state index contributed by atoms with van der Waals surface area (Å²) in [4.78, 5) is 16.2. The Morgan fingerprint density at radius 2 is 2.11 bits per heavy atom. The van der Waals surface area contributed by atoms with Gasteiger partial charge in [-0.15, -0.1) is 24.2 Å². The molecule has 3 nitrogen and oxygen atoms in total. The van der Waals surface area contributed by atoms with Gasteiger partial charge in [-0.05, 0) is 24.5 Å². The lowest BCUT2D eigenvalue weighted by molar-refractivity contribution is -0.122. The molecule has 1 saturated carbocycles. The first-order valence-corrected chi connectivity index (χ1v) is 7.65. The van der Waals surface area contributed by atoms with Crippen molar-refractivity contribution in [3.05, 3.63) is 30.1 Å². The monoisotopic (exact) mass is 300 g/mol. The standard InChI is InChI=1S/C14H20N2OS.ClH/c15-14(6-2-1-3-7-14)13(17)11-18-10-12-5-4-8-16-9-12;/h4-5,8-9H,1-3,6-7,10-11,15H2;1H. The minimum Gasteiger partial charge on any atom is -0.319 e. The highest BCUT2D eigenvalue weighted by Crippen LogP contribution is 2.28. The Morgan fingerprint density at radius 1 is 1.37 bits per heavy atom. The van der Waals surface area contributed by atoms with Crippen molar-refractivity contribution >= 4 is 30.0 Å². The third kappa shape index (κ3) is 4.79. The van der Waals surface area contributed by atoms with Gasteiger partial charge in [0.15, 0.2) is 5.78 Å². The second-order valence-corrected chi connectivity index (χ2v) is 5.98. The number of rotatable bonds is 5. The van der Waals surface area contributed by atoms with Gasteiger partial charge in [-0.1, -0.05) is 25.3 Å². The van der Waals surface area contributed by atoms with Crippen molar-refractivity contribution < 1.29 is 4.79 Å². The van der Waals surface area contributed by atoms with Crippen LogP contribution in [-0.4, -0.2) is 22.1 Å². The zero-order valence-electron chi connectivity index (χ0n) is 11.0. The number of ketones is 1. The summed E-state index contributed by atoms with van der Waals surface area (Å²) in [5.41, 5.74) is 6.82. The Morgan fingerprint density at radius 3 is 2.74 bits per heavy atom. The molecule has 1 aliphatic rings. The van der Waals surface area contributed by atoms with Crippen LogP contribution >= 0.6 is 24.2 Å². The van der Waals surface area contributed by atoms with Gasteiger partial charge in [0, 0.05) is 18.1 Å². The molecule has 1 aliphatic carbocycles. The second kappa shape index (κ2) is 7.88. The maximum absolute atomic E-state index is 12.1. The van der Waals surface area contributed by atoms with Gasteiger partial charge in [-0.2, -0.15) is 0 Å². The molecule has 106 valence electrons. The Bertz CT molecular complexity index is 394. The summed E-state index contributed by atoms with van der Waals surface area (Å²) in [5.74, 6) is 1.57. The molecule has 0 aliphatic heterocycles. The van der Waals surface area contributed by atoms with E-state index in [1.54, 1.807) is 18.0 Å². The van der Waals surface area contributed by atoms with Crippen molar-refractivity contribution in [3.63, 3.8) is 0 Å². The van der Waals surface area contributed by atoms with Crippen LogP contribution < -0.4 is 5.73 Å². The second-order valence-electron chi connectivity index (χ2n) is 4.99. The Balaban J connectivity index is 0.00000180. The highest BCUT2D eigenvalue weighted by atomic mass is 35.5. The number of hydrogen-bond donors (Lipinski definition) is 1. The highest BCUT2D eigenvalue weighted by Gasteiger charge is 2.34.